The third-order valence-electron chi connectivity index (χ3n) is 3.14. The molecule has 3 aromatic rings. The number of anilines is 1. The van der Waals surface area contributed by atoms with Crippen LogP contribution >= 0.6 is 0 Å². The maximum atomic E-state index is 6.02. The van der Waals surface area contributed by atoms with E-state index in [0.717, 1.165) is 16.9 Å². The van der Waals surface area contributed by atoms with Crippen LogP contribution in [0.3, 0.4) is 0 Å². The minimum atomic E-state index is 0.640. The zero-order valence-electron chi connectivity index (χ0n) is 10.9. The van der Waals surface area contributed by atoms with Crippen LogP contribution in [0.1, 0.15) is 11.1 Å². The van der Waals surface area contributed by atoms with E-state index < -0.39 is 0 Å². The highest BCUT2D eigenvalue weighted by atomic mass is 16.3. The number of hydrogen-bond donors (Lipinski definition) is 1. The molecule has 2 heterocycles. The zero-order valence-corrected chi connectivity index (χ0v) is 10.9. The summed E-state index contributed by atoms with van der Waals surface area (Å²) in [6, 6.07) is 8.10. The molecule has 2 N–H and O–H groups in total. The Bertz CT molecular complexity index is 711. The molecule has 19 heavy (non-hydrogen) atoms. The quantitative estimate of drug-likeness (QED) is 0.762. The van der Waals surface area contributed by atoms with Gasteiger partial charge in [-0.25, -0.2) is 4.68 Å². The van der Waals surface area contributed by atoms with Crippen LogP contribution < -0.4 is 5.73 Å². The lowest BCUT2D eigenvalue weighted by Crippen LogP contribution is -1.98. The Labute approximate surface area is 111 Å². The van der Waals surface area contributed by atoms with Crippen molar-refractivity contribution in [1.82, 2.24) is 9.78 Å². The molecule has 0 bridgehead atoms. The van der Waals surface area contributed by atoms with E-state index >= 15 is 0 Å². The third-order valence-corrected chi connectivity index (χ3v) is 3.14. The first-order valence-electron chi connectivity index (χ1n) is 6.10. The van der Waals surface area contributed by atoms with Gasteiger partial charge in [0.2, 0.25) is 0 Å². The first kappa shape index (κ1) is 11.6. The van der Waals surface area contributed by atoms with Crippen molar-refractivity contribution < 1.29 is 4.42 Å². The largest absolute Gasteiger partial charge is 0.472 e. The molecule has 3 rings (SSSR count). The lowest BCUT2D eigenvalue weighted by Gasteiger charge is -2.06. The first-order chi connectivity index (χ1) is 9.15. The third kappa shape index (κ3) is 2.01. The summed E-state index contributed by atoms with van der Waals surface area (Å²) >= 11 is 0. The lowest BCUT2D eigenvalue weighted by atomic mass is 10.1. The predicted octanol–water partition coefficient (Wildman–Crippen LogP) is 3.33. The van der Waals surface area contributed by atoms with E-state index in [4.69, 9.17) is 10.2 Å². The van der Waals surface area contributed by atoms with E-state index in [-0.39, 0.29) is 0 Å². The zero-order chi connectivity index (χ0) is 13.4. The van der Waals surface area contributed by atoms with Crippen LogP contribution in [0.5, 0.6) is 0 Å². The van der Waals surface area contributed by atoms with Crippen LogP contribution in [0.25, 0.3) is 16.9 Å². The molecule has 0 fully saturated rings. The summed E-state index contributed by atoms with van der Waals surface area (Å²) in [5.74, 6) is 0. The second kappa shape index (κ2) is 4.31. The average molecular weight is 253 g/mol. The van der Waals surface area contributed by atoms with Gasteiger partial charge in [0.05, 0.1) is 30.1 Å². The smallest absolute Gasteiger partial charge is 0.119 e. The van der Waals surface area contributed by atoms with Gasteiger partial charge in [-0.05, 0) is 31.5 Å². The molecule has 0 radical (unpaired) electrons. The van der Waals surface area contributed by atoms with Crippen LogP contribution in [0.4, 0.5) is 5.69 Å². The topological polar surface area (TPSA) is 57.0 Å². The van der Waals surface area contributed by atoms with Crippen LogP contribution in [-0.4, -0.2) is 9.78 Å². The van der Waals surface area contributed by atoms with Gasteiger partial charge in [0, 0.05) is 5.56 Å². The Hall–Kier alpha value is -2.49. The molecule has 0 aliphatic carbocycles. The Morgan fingerprint density at radius 2 is 2.05 bits per heavy atom. The van der Waals surface area contributed by atoms with E-state index in [0.29, 0.717) is 5.69 Å². The number of nitrogen functional groups attached to an aromatic ring is 1. The molecule has 0 saturated carbocycles. The first-order valence-corrected chi connectivity index (χ1v) is 6.10. The van der Waals surface area contributed by atoms with Crippen molar-refractivity contribution in [3.63, 3.8) is 0 Å². The van der Waals surface area contributed by atoms with E-state index in [2.05, 4.69) is 37.1 Å². The fourth-order valence-corrected chi connectivity index (χ4v) is 2.20. The standard InChI is InChI=1S/C15H15N3O/c1-10-3-4-14(11(2)7-10)18-8-13(16)15(17-18)12-5-6-19-9-12/h3-9H,16H2,1-2H3. The van der Waals surface area contributed by atoms with Crippen molar-refractivity contribution in [3.05, 3.63) is 54.1 Å². The fourth-order valence-electron chi connectivity index (χ4n) is 2.20. The van der Waals surface area contributed by atoms with Crippen molar-refractivity contribution >= 4 is 5.69 Å². The number of hydrogen-bond acceptors (Lipinski definition) is 3. The molecule has 1 aromatic carbocycles. The molecular formula is C15H15N3O. The molecule has 0 unspecified atom stereocenters. The molecule has 2 aromatic heterocycles. The van der Waals surface area contributed by atoms with Crippen LogP contribution in [-0.2, 0) is 0 Å². The Kier molecular flexibility index (Phi) is 2.63. The number of furan rings is 1. The van der Waals surface area contributed by atoms with Crippen LogP contribution in [0.15, 0.2) is 47.4 Å². The SMILES string of the molecule is Cc1ccc(-n2cc(N)c(-c3ccoc3)n2)c(C)c1. The fraction of sp³-hybridized carbons (Fsp3) is 0.133. The van der Waals surface area contributed by atoms with Gasteiger partial charge in [-0.3, -0.25) is 0 Å². The van der Waals surface area contributed by atoms with Crippen molar-refractivity contribution in [1.29, 1.82) is 0 Å². The highest BCUT2D eigenvalue weighted by molar-refractivity contribution is 5.71. The van der Waals surface area contributed by atoms with Crippen molar-refractivity contribution in [2.45, 2.75) is 13.8 Å². The highest BCUT2D eigenvalue weighted by Gasteiger charge is 2.11. The molecule has 0 saturated heterocycles. The van der Waals surface area contributed by atoms with Crippen molar-refractivity contribution in [3.8, 4) is 16.9 Å². The van der Waals surface area contributed by atoms with E-state index in [9.17, 15) is 0 Å². The minimum Gasteiger partial charge on any atom is -0.472 e. The molecular weight excluding hydrogens is 238 g/mol. The number of aromatic nitrogens is 2. The molecule has 0 spiro atoms. The Morgan fingerprint density at radius 1 is 1.21 bits per heavy atom. The summed E-state index contributed by atoms with van der Waals surface area (Å²) in [6.07, 6.45) is 5.09. The minimum absolute atomic E-state index is 0.640. The molecule has 0 aliphatic heterocycles. The normalized spacial score (nSPS) is 10.8. The molecule has 0 atom stereocenters. The summed E-state index contributed by atoms with van der Waals surface area (Å²) in [4.78, 5) is 0. The highest BCUT2D eigenvalue weighted by Crippen LogP contribution is 2.26. The van der Waals surface area contributed by atoms with Gasteiger partial charge in [0.15, 0.2) is 0 Å². The molecule has 4 heteroatoms. The van der Waals surface area contributed by atoms with Gasteiger partial charge < -0.3 is 10.2 Å². The van der Waals surface area contributed by atoms with Gasteiger partial charge >= 0.3 is 0 Å². The lowest BCUT2D eigenvalue weighted by molar-refractivity contribution is 0.568. The Morgan fingerprint density at radius 3 is 2.74 bits per heavy atom. The van der Waals surface area contributed by atoms with E-state index in [1.807, 2.05) is 16.9 Å². The van der Waals surface area contributed by atoms with E-state index in [1.165, 1.54) is 11.1 Å². The van der Waals surface area contributed by atoms with Gasteiger partial charge in [-0.2, -0.15) is 5.10 Å². The summed E-state index contributed by atoms with van der Waals surface area (Å²) in [6.45, 7) is 4.14. The number of nitrogens with two attached hydrogens (primary N) is 1. The second-order valence-corrected chi connectivity index (χ2v) is 4.68. The Balaban J connectivity index is 2.10. The van der Waals surface area contributed by atoms with Crippen LogP contribution in [0.2, 0.25) is 0 Å². The van der Waals surface area contributed by atoms with Crippen LogP contribution in [0, 0.1) is 13.8 Å². The predicted molar refractivity (Wildman–Crippen MR) is 75.2 cm³/mol. The molecule has 0 aliphatic rings. The number of nitrogens with zero attached hydrogens (tertiary/aromatic N) is 2. The van der Waals surface area contributed by atoms with Gasteiger partial charge in [-0.1, -0.05) is 17.7 Å². The van der Waals surface area contributed by atoms with Gasteiger partial charge in [-0.15, -0.1) is 0 Å². The summed E-state index contributed by atoms with van der Waals surface area (Å²) < 4.78 is 6.89. The maximum Gasteiger partial charge on any atom is 0.119 e. The summed E-state index contributed by atoms with van der Waals surface area (Å²) in [7, 11) is 0. The maximum absolute atomic E-state index is 6.02. The number of benzene rings is 1. The van der Waals surface area contributed by atoms with Gasteiger partial charge in [0.25, 0.3) is 0 Å². The second-order valence-electron chi connectivity index (χ2n) is 4.68. The molecule has 0 amide bonds. The van der Waals surface area contributed by atoms with Crippen molar-refractivity contribution in [2.75, 3.05) is 5.73 Å². The van der Waals surface area contributed by atoms with E-state index in [1.54, 1.807) is 12.5 Å². The number of rotatable bonds is 2. The summed E-state index contributed by atoms with van der Waals surface area (Å²) in [5, 5.41) is 4.54. The van der Waals surface area contributed by atoms with Gasteiger partial charge in [0.1, 0.15) is 5.69 Å². The monoisotopic (exact) mass is 253 g/mol. The molecule has 96 valence electrons. The van der Waals surface area contributed by atoms with Crippen molar-refractivity contribution in [2.24, 2.45) is 0 Å². The average Bonchev–Trinajstić information content (AvgIpc) is 2.98. The summed E-state index contributed by atoms with van der Waals surface area (Å²) in [5.41, 5.74) is 11.7. The number of aryl methyl sites for hydroxylation is 2. The molecule has 4 nitrogen and oxygen atoms in total.